The molecule has 0 saturated heterocycles. The molecule has 4 rings (SSSR count). The normalized spacial score (nSPS) is 14.0. The van der Waals surface area contributed by atoms with Crippen LogP contribution in [0.4, 0.5) is 29.6 Å². The Morgan fingerprint density at radius 1 is 1.30 bits per heavy atom. The summed E-state index contributed by atoms with van der Waals surface area (Å²) in [5, 5.41) is 15.2. The zero-order valence-electron chi connectivity index (χ0n) is 17.3. The molecule has 0 fully saturated rings. The van der Waals surface area contributed by atoms with Crippen molar-refractivity contribution in [2.24, 2.45) is 5.10 Å². The van der Waals surface area contributed by atoms with E-state index in [0.717, 1.165) is 18.3 Å². The molecule has 2 amide bonds. The van der Waals surface area contributed by atoms with Gasteiger partial charge in [0, 0.05) is 24.7 Å². The minimum atomic E-state index is -4.64. The highest BCUT2D eigenvalue weighted by atomic mass is 19.4. The molecule has 174 valence electrons. The molecule has 0 aromatic carbocycles. The number of amidine groups is 1. The minimum absolute atomic E-state index is 0.138. The van der Waals surface area contributed by atoms with Gasteiger partial charge < -0.3 is 11.1 Å². The molecule has 0 saturated carbocycles. The van der Waals surface area contributed by atoms with E-state index in [1.165, 1.54) is 23.0 Å². The van der Waals surface area contributed by atoms with E-state index in [2.05, 4.69) is 41.8 Å². The number of nitrogens with two attached hydrogens (primary N) is 1. The van der Waals surface area contributed by atoms with Gasteiger partial charge in [0.1, 0.15) is 11.7 Å². The number of carbonyl (C=O) groups is 1. The van der Waals surface area contributed by atoms with Crippen LogP contribution in [0.5, 0.6) is 0 Å². The molecule has 0 spiro atoms. The fourth-order valence-corrected chi connectivity index (χ4v) is 2.97. The average Bonchev–Trinajstić information content (AvgIpc) is 3.38. The number of carbonyl (C=O) groups excluding carboxylic acids is 1. The van der Waals surface area contributed by atoms with E-state index in [-0.39, 0.29) is 17.1 Å². The summed E-state index contributed by atoms with van der Waals surface area (Å²) in [5.41, 5.74) is 10.9. The second-order valence-electron chi connectivity index (χ2n) is 6.96. The van der Waals surface area contributed by atoms with Crippen molar-refractivity contribution in [3.8, 4) is 11.3 Å². The van der Waals surface area contributed by atoms with Crippen LogP contribution in [0.25, 0.3) is 16.9 Å². The lowest BCUT2D eigenvalue weighted by Crippen LogP contribution is -2.46. The molecular weight excluding hydrogens is 443 g/mol. The first-order chi connectivity index (χ1) is 15.7. The lowest BCUT2D eigenvalue weighted by Gasteiger charge is -2.15. The van der Waals surface area contributed by atoms with Gasteiger partial charge in [-0.15, -0.1) is 10.2 Å². The van der Waals surface area contributed by atoms with Crippen LogP contribution in [0, 0.1) is 0 Å². The molecule has 1 aliphatic heterocycles. The standard InChI is InChI=1S/C18H20F3N11O/c1-2-13-27-30-32(29-13)6-5-23-17(33)26-14-9-31-15(25-14)4-3-12(28-31)10-7-11(18(19,20)21)16(22)24-8-10/h3-4,7-9,30H,2,5-6H2,1H3,(H2,22,24)(H,27,29)(H2,23,26,33). The molecule has 3 aromatic heterocycles. The summed E-state index contributed by atoms with van der Waals surface area (Å²) in [5.74, 6) is 0.403. The van der Waals surface area contributed by atoms with E-state index in [1.807, 2.05) is 6.92 Å². The van der Waals surface area contributed by atoms with Crippen LogP contribution >= 0.6 is 0 Å². The van der Waals surface area contributed by atoms with Crippen LogP contribution in [0.3, 0.4) is 0 Å². The van der Waals surface area contributed by atoms with Gasteiger partial charge in [0.25, 0.3) is 0 Å². The fraction of sp³-hybridized carbons (Fsp3) is 0.278. The number of nitrogens with one attached hydrogen (secondary N) is 4. The van der Waals surface area contributed by atoms with Gasteiger partial charge in [-0.2, -0.15) is 18.3 Å². The molecule has 1 aliphatic rings. The van der Waals surface area contributed by atoms with Gasteiger partial charge in [-0.3, -0.25) is 10.7 Å². The number of imidazole rings is 1. The Hall–Kier alpha value is -4.14. The van der Waals surface area contributed by atoms with Gasteiger partial charge in [-0.1, -0.05) is 6.92 Å². The summed E-state index contributed by atoms with van der Waals surface area (Å²) in [6.45, 7) is 2.73. The van der Waals surface area contributed by atoms with Crippen LogP contribution in [-0.4, -0.2) is 49.7 Å². The van der Waals surface area contributed by atoms with Crippen LogP contribution in [-0.2, 0) is 6.18 Å². The van der Waals surface area contributed by atoms with Crippen molar-refractivity contribution >= 4 is 29.1 Å². The van der Waals surface area contributed by atoms with E-state index in [1.54, 1.807) is 11.2 Å². The summed E-state index contributed by atoms with van der Waals surface area (Å²) in [4.78, 5) is 20.0. The maximum Gasteiger partial charge on any atom is 0.419 e. The first kappa shape index (κ1) is 22.1. The Bertz CT molecular complexity index is 1210. The second kappa shape index (κ2) is 8.78. The van der Waals surface area contributed by atoms with Crippen molar-refractivity contribution in [1.82, 2.24) is 41.0 Å². The molecule has 0 atom stereocenters. The van der Waals surface area contributed by atoms with Gasteiger partial charge in [0.05, 0.1) is 24.0 Å². The number of pyridine rings is 1. The molecule has 0 bridgehead atoms. The maximum atomic E-state index is 13.1. The molecule has 33 heavy (non-hydrogen) atoms. The van der Waals surface area contributed by atoms with Gasteiger partial charge in [0.2, 0.25) is 0 Å². The summed E-state index contributed by atoms with van der Waals surface area (Å²) >= 11 is 0. The van der Waals surface area contributed by atoms with Crippen molar-refractivity contribution < 1.29 is 18.0 Å². The minimum Gasteiger partial charge on any atom is -0.383 e. The quantitative estimate of drug-likeness (QED) is 0.370. The van der Waals surface area contributed by atoms with E-state index < -0.39 is 23.6 Å². The Morgan fingerprint density at radius 3 is 2.85 bits per heavy atom. The highest BCUT2D eigenvalue weighted by molar-refractivity contribution is 5.88. The smallest absolute Gasteiger partial charge is 0.383 e. The second-order valence-corrected chi connectivity index (χ2v) is 6.96. The number of aromatic nitrogens is 4. The van der Waals surface area contributed by atoms with Crippen molar-refractivity contribution in [1.29, 1.82) is 0 Å². The average molecular weight is 463 g/mol. The zero-order valence-corrected chi connectivity index (χ0v) is 17.3. The van der Waals surface area contributed by atoms with Crippen LogP contribution in [0.1, 0.15) is 18.9 Å². The zero-order chi connectivity index (χ0) is 23.6. The summed E-state index contributed by atoms with van der Waals surface area (Å²) < 4.78 is 40.7. The van der Waals surface area contributed by atoms with E-state index in [0.29, 0.717) is 18.7 Å². The number of rotatable bonds is 6. The number of anilines is 2. The molecule has 4 heterocycles. The third-order valence-electron chi connectivity index (χ3n) is 4.61. The topological polar surface area (TPSA) is 150 Å². The number of nitrogen functional groups attached to an aromatic ring is 1. The Kier molecular flexibility index (Phi) is 5.87. The Labute approximate surface area is 185 Å². The first-order valence-electron chi connectivity index (χ1n) is 9.83. The van der Waals surface area contributed by atoms with Crippen molar-refractivity contribution in [2.75, 3.05) is 24.1 Å². The van der Waals surface area contributed by atoms with Crippen molar-refractivity contribution in [2.45, 2.75) is 19.5 Å². The number of hydrogen-bond donors (Lipinski definition) is 5. The molecule has 0 unspecified atom stereocenters. The van der Waals surface area contributed by atoms with Crippen molar-refractivity contribution in [3.63, 3.8) is 0 Å². The number of halogens is 3. The summed E-state index contributed by atoms with van der Waals surface area (Å²) in [6, 6.07) is 3.47. The van der Waals surface area contributed by atoms with Gasteiger partial charge in [-0.25, -0.2) is 24.8 Å². The van der Waals surface area contributed by atoms with Crippen molar-refractivity contribution in [3.05, 3.63) is 36.2 Å². The highest BCUT2D eigenvalue weighted by Gasteiger charge is 2.34. The number of alkyl halides is 3. The summed E-state index contributed by atoms with van der Waals surface area (Å²) in [7, 11) is 0. The largest absolute Gasteiger partial charge is 0.419 e. The Morgan fingerprint density at radius 2 is 2.12 bits per heavy atom. The SMILES string of the molecule is CCC1=NNN(CCNC(=O)Nc2cn3nc(-c4cnc(N)c(C(F)(F)F)c4)ccc3n2)N1. The number of hydrazine groups is 2. The highest BCUT2D eigenvalue weighted by Crippen LogP contribution is 2.34. The molecule has 15 heteroatoms. The number of hydrogen-bond acceptors (Lipinski definition) is 9. The maximum absolute atomic E-state index is 13.1. The third-order valence-corrected chi connectivity index (χ3v) is 4.61. The molecular formula is C18H20F3N11O. The fourth-order valence-electron chi connectivity index (χ4n) is 2.97. The van der Waals surface area contributed by atoms with E-state index >= 15 is 0 Å². The van der Waals surface area contributed by atoms with E-state index in [4.69, 9.17) is 5.73 Å². The van der Waals surface area contributed by atoms with Crippen LogP contribution < -0.4 is 27.3 Å². The van der Waals surface area contributed by atoms with E-state index in [9.17, 15) is 18.0 Å². The summed E-state index contributed by atoms with van der Waals surface area (Å²) in [6.07, 6.45) is -1.23. The number of amides is 2. The predicted octanol–water partition coefficient (Wildman–Crippen LogP) is 1.56. The number of urea groups is 1. The monoisotopic (exact) mass is 463 g/mol. The van der Waals surface area contributed by atoms with Gasteiger partial charge >= 0.3 is 12.2 Å². The predicted molar refractivity (Wildman–Crippen MR) is 113 cm³/mol. The number of nitrogens with zero attached hydrogens (tertiary/aromatic N) is 6. The van der Waals surface area contributed by atoms with Crippen LogP contribution in [0.15, 0.2) is 35.7 Å². The molecule has 0 radical (unpaired) electrons. The number of hydrazone groups is 1. The third kappa shape index (κ3) is 5.03. The molecule has 0 aliphatic carbocycles. The lowest BCUT2D eigenvalue weighted by molar-refractivity contribution is -0.137. The lowest BCUT2D eigenvalue weighted by atomic mass is 10.1. The van der Waals surface area contributed by atoms with Gasteiger partial charge in [0.15, 0.2) is 11.5 Å². The van der Waals surface area contributed by atoms with Crippen LogP contribution in [0.2, 0.25) is 0 Å². The molecule has 12 nitrogen and oxygen atoms in total. The first-order valence-corrected chi connectivity index (χ1v) is 9.83. The number of fused-ring (bicyclic) bond motifs is 1. The Balaban J connectivity index is 1.40. The van der Waals surface area contributed by atoms with Gasteiger partial charge in [-0.05, 0) is 18.2 Å². The molecule has 3 aromatic rings. The molecule has 6 N–H and O–H groups in total.